The van der Waals surface area contributed by atoms with Gasteiger partial charge < -0.3 is 19.7 Å². The fourth-order valence-electron chi connectivity index (χ4n) is 3.23. The van der Waals surface area contributed by atoms with Crippen molar-refractivity contribution in [3.63, 3.8) is 0 Å². The van der Waals surface area contributed by atoms with Crippen LogP contribution in [0.15, 0.2) is 4.52 Å². The molecule has 6 heteroatoms. The van der Waals surface area contributed by atoms with Gasteiger partial charge in [-0.15, -0.1) is 0 Å². The first kappa shape index (κ1) is 17.0. The third kappa shape index (κ3) is 2.65. The normalized spacial score (nSPS) is 26.5. The summed E-state index contributed by atoms with van der Waals surface area (Å²) in [6, 6.07) is 0. The molecule has 1 aliphatic carbocycles. The van der Waals surface area contributed by atoms with E-state index in [9.17, 15) is 9.90 Å². The molecule has 1 aromatic rings. The van der Waals surface area contributed by atoms with Gasteiger partial charge >= 0.3 is 0 Å². The molecule has 2 atom stereocenters. The maximum absolute atomic E-state index is 12.4. The van der Waals surface area contributed by atoms with E-state index in [2.05, 4.69) is 10.5 Å². The van der Waals surface area contributed by atoms with E-state index >= 15 is 0 Å². The van der Waals surface area contributed by atoms with Crippen molar-refractivity contribution in [1.82, 2.24) is 10.5 Å². The van der Waals surface area contributed by atoms with Crippen LogP contribution in [0.4, 0.5) is 0 Å². The molecule has 6 nitrogen and oxygen atoms in total. The quantitative estimate of drug-likeness (QED) is 0.832. The molecule has 0 saturated heterocycles. The number of nitrogens with zero attached hydrogens (tertiary/aromatic N) is 1. The van der Waals surface area contributed by atoms with Crippen molar-refractivity contribution >= 4 is 5.91 Å². The van der Waals surface area contributed by atoms with Gasteiger partial charge in [0, 0.05) is 24.0 Å². The molecular weight excluding hydrogens is 284 g/mol. The lowest BCUT2D eigenvalue weighted by Gasteiger charge is -2.60. The van der Waals surface area contributed by atoms with Gasteiger partial charge in [-0.25, -0.2) is 0 Å². The zero-order valence-electron chi connectivity index (χ0n) is 14.0. The Morgan fingerprint density at radius 3 is 2.64 bits per heavy atom. The second-order valence-corrected chi connectivity index (χ2v) is 6.64. The number of rotatable bonds is 6. The van der Waals surface area contributed by atoms with Crippen molar-refractivity contribution in [3.8, 4) is 0 Å². The van der Waals surface area contributed by atoms with Gasteiger partial charge in [-0.2, -0.15) is 0 Å². The van der Waals surface area contributed by atoms with Crippen LogP contribution in [0.5, 0.6) is 0 Å². The number of aliphatic hydroxyl groups excluding tert-OH is 1. The number of aryl methyl sites for hydroxylation is 2. The van der Waals surface area contributed by atoms with Crippen molar-refractivity contribution in [2.75, 3.05) is 13.2 Å². The lowest BCUT2D eigenvalue weighted by molar-refractivity contribution is -0.180. The van der Waals surface area contributed by atoms with Crippen LogP contribution in [0.25, 0.3) is 0 Å². The Kier molecular flexibility index (Phi) is 4.63. The van der Waals surface area contributed by atoms with Crippen LogP contribution in [0.2, 0.25) is 0 Å². The number of hydrogen-bond acceptors (Lipinski definition) is 5. The number of nitrogens with one attached hydrogen (secondary N) is 1. The molecule has 124 valence electrons. The number of aromatic nitrogens is 1. The van der Waals surface area contributed by atoms with Crippen LogP contribution in [-0.2, 0) is 16.0 Å². The SMILES string of the molecule is CCOC1CC(CO)(NC(=O)Cc2c(C)noc2C)C1(C)C. The first-order valence-electron chi connectivity index (χ1n) is 7.72. The molecule has 1 saturated carbocycles. The number of ether oxygens (including phenoxy) is 1. The third-order valence-corrected chi connectivity index (χ3v) is 5.11. The highest BCUT2D eigenvalue weighted by Crippen LogP contribution is 2.51. The van der Waals surface area contributed by atoms with E-state index in [1.54, 1.807) is 6.92 Å². The summed E-state index contributed by atoms with van der Waals surface area (Å²) in [5.74, 6) is 0.525. The second-order valence-electron chi connectivity index (χ2n) is 6.64. The van der Waals surface area contributed by atoms with Crippen molar-refractivity contribution in [3.05, 3.63) is 17.0 Å². The first-order valence-corrected chi connectivity index (χ1v) is 7.72. The minimum atomic E-state index is -0.636. The van der Waals surface area contributed by atoms with Gasteiger partial charge in [0.1, 0.15) is 5.76 Å². The number of hydrogen-bond donors (Lipinski definition) is 2. The van der Waals surface area contributed by atoms with Gasteiger partial charge in [-0.3, -0.25) is 4.79 Å². The fraction of sp³-hybridized carbons (Fsp3) is 0.750. The molecule has 2 N–H and O–H groups in total. The van der Waals surface area contributed by atoms with Gasteiger partial charge in [-0.1, -0.05) is 19.0 Å². The summed E-state index contributed by atoms with van der Waals surface area (Å²) in [4.78, 5) is 12.4. The molecule has 0 aromatic carbocycles. The Labute approximate surface area is 131 Å². The molecule has 0 aliphatic heterocycles. The molecule has 1 heterocycles. The Morgan fingerprint density at radius 2 is 2.18 bits per heavy atom. The summed E-state index contributed by atoms with van der Waals surface area (Å²) in [5, 5.41) is 16.7. The molecule has 1 aliphatic rings. The molecule has 1 aromatic heterocycles. The summed E-state index contributed by atoms with van der Waals surface area (Å²) >= 11 is 0. The largest absolute Gasteiger partial charge is 0.394 e. The third-order valence-electron chi connectivity index (χ3n) is 5.11. The van der Waals surface area contributed by atoms with E-state index in [0.29, 0.717) is 18.8 Å². The van der Waals surface area contributed by atoms with Crippen LogP contribution in [0, 0.1) is 19.3 Å². The molecular formula is C16H26N2O4. The zero-order chi connectivity index (χ0) is 16.5. The van der Waals surface area contributed by atoms with Gasteiger partial charge in [0.15, 0.2) is 0 Å². The minimum absolute atomic E-state index is 0.0454. The highest BCUT2D eigenvalue weighted by atomic mass is 16.5. The highest BCUT2D eigenvalue weighted by Gasteiger charge is 2.61. The monoisotopic (exact) mass is 310 g/mol. The fourth-order valence-corrected chi connectivity index (χ4v) is 3.23. The molecule has 1 fully saturated rings. The van der Waals surface area contributed by atoms with Crippen LogP contribution in [0.1, 0.15) is 44.2 Å². The maximum Gasteiger partial charge on any atom is 0.225 e. The Hall–Kier alpha value is -1.40. The van der Waals surface area contributed by atoms with Gasteiger partial charge in [0.05, 0.1) is 30.4 Å². The van der Waals surface area contributed by atoms with E-state index in [1.807, 2.05) is 27.7 Å². The van der Waals surface area contributed by atoms with Crippen molar-refractivity contribution in [2.45, 2.75) is 59.1 Å². The molecule has 22 heavy (non-hydrogen) atoms. The standard InChI is InChI=1S/C16H26N2O4/c1-6-21-13-8-16(9-19,15(13,4)5)17-14(20)7-12-10(2)18-22-11(12)3/h13,19H,6-9H2,1-5H3,(H,17,20). The van der Waals surface area contributed by atoms with E-state index in [1.165, 1.54) is 0 Å². The minimum Gasteiger partial charge on any atom is -0.394 e. The van der Waals surface area contributed by atoms with Crippen LogP contribution < -0.4 is 5.32 Å². The molecule has 0 spiro atoms. The lowest BCUT2D eigenvalue weighted by Crippen LogP contribution is -2.74. The zero-order valence-corrected chi connectivity index (χ0v) is 14.0. The smallest absolute Gasteiger partial charge is 0.225 e. The number of carbonyl (C=O) groups is 1. The Morgan fingerprint density at radius 1 is 1.50 bits per heavy atom. The first-order chi connectivity index (χ1) is 10.3. The predicted molar refractivity (Wildman–Crippen MR) is 81.5 cm³/mol. The number of amides is 1. The lowest BCUT2D eigenvalue weighted by atomic mass is 9.54. The molecule has 0 bridgehead atoms. The molecule has 2 rings (SSSR count). The summed E-state index contributed by atoms with van der Waals surface area (Å²) in [5.41, 5.74) is 0.588. The van der Waals surface area contributed by atoms with Crippen LogP contribution >= 0.6 is 0 Å². The second kappa shape index (κ2) is 6.01. The van der Waals surface area contributed by atoms with Gasteiger partial charge in [0.2, 0.25) is 5.91 Å². The summed E-state index contributed by atoms with van der Waals surface area (Å²) in [6.07, 6.45) is 0.875. The van der Waals surface area contributed by atoms with E-state index in [4.69, 9.17) is 9.26 Å². The predicted octanol–water partition coefficient (Wildman–Crippen LogP) is 1.52. The van der Waals surface area contributed by atoms with Crippen LogP contribution in [-0.4, -0.2) is 41.0 Å². The van der Waals surface area contributed by atoms with Gasteiger partial charge in [-0.05, 0) is 20.8 Å². The Balaban J connectivity index is 2.07. The number of aliphatic hydroxyl groups is 1. The summed E-state index contributed by atoms with van der Waals surface area (Å²) in [7, 11) is 0. The number of carbonyl (C=O) groups excluding carboxylic acids is 1. The highest BCUT2D eigenvalue weighted by molar-refractivity contribution is 5.80. The van der Waals surface area contributed by atoms with E-state index in [-0.39, 0.29) is 30.5 Å². The van der Waals surface area contributed by atoms with Crippen molar-refractivity contribution in [1.29, 1.82) is 0 Å². The van der Waals surface area contributed by atoms with Crippen LogP contribution in [0.3, 0.4) is 0 Å². The average Bonchev–Trinajstić information content (AvgIpc) is 2.77. The van der Waals surface area contributed by atoms with Crippen molar-refractivity contribution in [2.24, 2.45) is 5.41 Å². The van der Waals surface area contributed by atoms with E-state index in [0.717, 1.165) is 11.3 Å². The molecule has 0 radical (unpaired) electrons. The topological polar surface area (TPSA) is 84.6 Å². The van der Waals surface area contributed by atoms with E-state index < -0.39 is 5.54 Å². The maximum atomic E-state index is 12.4. The van der Waals surface area contributed by atoms with Gasteiger partial charge in [0.25, 0.3) is 0 Å². The summed E-state index contributed by atoms with van der Waals surface area (Å²) in [6.45, 7) is 10.1. The molecule has 1 amide bonds. The van der Waals surface area contributed by atoms with Crippen molar-refractivity contribution < 1.29 is 19.2 Å². The summed E-state index contributed by atoms with van der Waals surface area (Å²) < 4.78 is 10.8. The Bertz CT molecular complexity index is 533. The average molecular weight is 310 g/mol. The molecule has 2 unspecified atom stereocenters.